The van der Waals surface area contributed by atoms with Crippen LogP contribution in [0.3, 0.4) is 0 Å². The largest absolute Gasteiger partial charge is 0.485 e. The van der Waals surface area contributed by atoms with Crippen LogP contribution in [0.2, 0.25) is 0 Å². The molecule has 0 amide bonds. The molecule has 0 radical (unpaired) electrons. The first kappa shape index (κ1) is 17.6. The molecule has 1 unspecified atom stereocenters. The molecule has 0 spiro atoms. The molecule has 0 saturated carbocycles. The molecule has 1 aliphatic rings. The van der Waals surface area contributed by atoms with Crippen molar-refractivity contribution in [2.45, 2.75) is 18.3 Å². The number of furan rings is 1. The zero-order chi connectivity index (χ0) is 19.0. The van der Waals surface area contributed by atoms with E-state index >= 15 is 0 Å². The molecule has 138 valence electrons. The first-order chi connectivity index (χ1) is 13.0. The van der Waals surface area contributed by atoms with E-state index in [0.717, 1.165) is 33.8 Å². The third kappa shape index (κ3) is 3.41. The zero-order valence-corrected chi connectivity index (χ0v) is 15.4. The Hall–Kier alpha value is -2.83. The van der Waals surface area contributed by atoms with E-state index in [4.69, 9.17) is 14.3 Å². The Morgan fingerprint density at radius 1 is 1.11 bits per heavy atom. The van der Waals surface area contributed by atoms with Crippen LogP contribution in [-0.4, -0.2) is 8.42 Å². The van der Waals surface area contributed by atoms with Crippen LogP contribution in [0.1, 0.15) is 23.7 Å². The lowest BCUT2D eigenvalue weighted by Gasteiger charge is -2.30. The predicted molar refractivity (Wildman–Crippen MR) is 105 cm³/mol. The lowest BCUT2D eigenvalue weighted by molar-refractivity contribution is 0.206. The summed E-state index contributed by atoms with van der Waals surface area (Å²) in [6.45, 7) is 3.81. The first-order valence-electron chi connectivity index (χ1n) is 8.54. The molecule has 2 N–H and O–H groups in total. The highest BCUT2D eigenvalue weighted by molar-refractivity contribution is 7.88. The summed E-state index contributed by atoms with van der Waals surface area (Å²) in [5.41, 5.74) is 4.41. The van der Waals surface area contributed by atoms with Gasteiger partial charge in [0.2, 0.25) is 10.0 Å². The van der Waals surface area contributed by atoms with Crippen LogP contribution in [0.25, 0.3) is 22.5 Å². The molecule has 0 aliphatic carbocycles. The smallest absolute Gasteiger partial charge is 0.213 e. The van der Waals surface area contributed by atoms with E-state index in [2.05, 4.69) is 6.58 Å². The third-order valence-electron chi connectivity index (χ3n) is 4.56. The number of benzene rings is 2. The van der Waals surface area contributed by atoms with E-state index in [1.165, 1.54) is 0 Å². The van der Waals surface area contributed by atoms with Gasteiger partial charge in [0.25, 0.3) is 0 Å². The maximum Gasteiger partial charge on any atom is 0.213 e. The van der Waals surface area contributed by atoms with Crippen LogP contribution < -0.4 is 9.88 Å². The van der Waals surface area contributed by atoms with E-state index in [9.17, 15) is 8.42 Å². The quantitative estimate of drug-likeness (QED) is 0.664. The number of primary sulfonamides is 1. The molecule has 27 heavy (non-hydrogen) atoms. The van der Waals surface area contributed by atoms with Gasteiger partial charge in [0, 0.05) is 23.1 Å². The Morgan fingerprint density at radius 3 is 2.67 bits per heavy atom. The summed E-state index contributed by atoms with van der Waals surface area (Å²) in [6.07, 6.45) is 3.80. The van der Waals surface area contributed by atoms with Gasteiger partial charge in [-0.3, -0.25) is 0 Å². The summed E-state index contributed by atoms with van der Waals surface area (Å²) >= 11 is 0. The number of hydrogen-bond donors (Lipinski definition) is 1. The van der Waals surface area contributed by atoms with Gasteiger partial charge in [-0.15, -0.1) is 6.58 Å². The average Bonchev–Trinajstić information content (AvgIpc) is 3.14. The van der Waals surface area contributed by atoms with Crippen molar-refractivity contribution in [3.05, 3.63) is 78.6 Å². The molecule has 0 bridgehead atoms. The standard InChI is InChI=1S/C21H19NO4S/c1-2-5-19-17-12-14(13-27(22,23)24)9-10-15(17)21-16(18-8-4-11-25-18)6-3-7-20(21)26-19/h2-4,6-12,19H,1,5,13H2,(H2,22,23,24). The Bertz CT molecular complexity index is 1100. The van der Waals surface area contributed by atoms with E-state index in [1.807, 2.05) is 42.5 Å². The maximum atomic E-state index is 11.5. The summed E-state index contributed by atoms with van der Waals surface area (Å²) in [5.74, 6) is 1.30. The monoisotopic (exact) mass is 381 g/mol. The lowest BCUT2D eigenvalue weighted by Crippen LogP contribution is -2.17. The SMILES string of the molecule is C=CCC1Oc2cccc(-c3ccco3)c2-c2ccc(CS(N)(=O)=O)cc21. The summed E-state index contributed by atoms with van der Waals surface area (Å²) < 4.78 is 34.8. The van der Waals surface area contributed by atoms with Crippen LogP contribution in [0.4, 0.5) is 0 Å². The van der Waals surface area contributed by atoms with E-state index in [1.54, 1.807) is 18.4 Å². The van der Waals surface area contributed by atoms with Gasteiger partial charge in [-0.2, -0.15) is 0 Å². The third-order valence-corrected chi connectivity index (χ3v) is 5.30. The van der Waals surface area contributed by atoms with Crippen LogP contribution in [-0.2, 0) is 15.8 Å². The Morgan fingerprint density at radius 2 is 1.96 bits per heavy atom. The second kappa shape index (κ2) is 6.72. The second-order valence-corrected chi connectivity index (χ2v) is 8.13. The Kier molecular flexibility index (Phi) is 4.37. The van der Waals surface area contributed by atoms with Crippen molar-refractivity contribution in [3.8, 4) is 28.2 Å². The number of hydrogen-bond acceptors (Lipinski definition) is 4. The number of rotatable bonds is 5. The molecule has 6 heteroatoms. The minimum Gasteiger partial charge on any atom is -0.485 e. The topological polar surface area (TPSA) is 82.5 Å². The fourth-order valence-electron chi connectivity index (χ4n) is 3.52. The highest BCUT2D eigenvalue weighted by Crippen LogP contribution is 2.48. The van der Waals surface area contributed by atoms with Gasteiger partial charge < -0.3 is 9.15 Å². The number of nitrogens with two attached hydrogens (primary N) is 1. The summed E-state index contributed by atoms with van der Waals surface area (Å²) in [6, 6.07) is 15.2. The molecule has 2 heterocycles. The van der Waals surface area contributed by atoms with Gasteiger partial charge in [-0.05, 0) is 29.3 Å². The molecule has 2 aromatic carbocycles. The molecule has 4 rings (SSSR count). The number of sulfonamides is 1. The number of ether oxygens (including phenoxy) is 1. The van der Waals surface area contributed by atoms with Crippen molar-refractivity contribution in [1.82, 2.24) is 0 Å². The van der Waals surface area contributed by atoms with Crippen LogP contribution >= 0.6 is 0 Å². The van der Waals surface area contributed by atoms with Gasteiger partial charge in [0.1, 0.15) is 17.6 Å². The van der Waals surface area contributed by atoms with Gasteiger partial charge in [-0.1, -0.05) is 36.4 Å². The van der Waals surface area contributed by atoms with Crippen LogP contribution in [0.5, 0.6) is 5.75 Å². The molecule has 0 fully saturated rings. The molecule has 1 aromatic heterocycles. The van der Waals surface area contributed by atoms with E-state index in [0.29, 0.717) is 12.0 Å². The van der Waals surface area contributed by atoms with E-state index in [-0.39, 0.29) is 11.9 Å². The highest BCUT2D eigenvalue weighted by Gasteiger charge is 2.28. The fourth-order valence-corrected chi connectivity index (χ4v) is 4.16. The molecule has 0 saturated heterocycles. The summed E-state index contributed by atoms with van der Waals surface area (Å²) in [4.78, 5) is 0. The number of fused-ring (bicyclic) bond motifs is 3. The second-order valence-electron chi connectivity index (χ2n) is 6.52. The van der Waals surface area contributed by atoms with Gasteiger partial charge in [0.05, 0.1) is 12.0 Å². The summed E-state index contributed by atoms with van der Waals surface area (Å²) in [5, 5.41) is 5.21. The lowest BCUT2D eigenvalue weighted by atomic mass is 9.87. The maximum absolute atomic E-state index is 11.5. The van der Waals surface area contributed by atoms with E-state index < -0.39 is 10.0 Å². The van der Waals surface area contributed by atoms with Crippen LogP contribution in [0.15, 0.2) is 71.9 Å². The molecular formula is C21H19NO4S. The van der Waals surface area contributed by atoms with Gasteiger partial charge in [0.15, 0.2) is 0 Å². The van der Waals surface area contributed by atoms with Crippen molar-refractivity contribution in [2.24, 2.45) is 5.14 Å². The molecule has 1 atom stereocenters. The molecule has 3 aromatic rings. The predicted octanol–water partition coefficient (Wildman–Crippen LogP) is 4.41. The van der Waals surface area contributed by atoms with Crippen LogP contribution in [0, 0.1) is 0 Å². The Balaban J connectivity index is 1.91. The van der Waals surface area contributed by atoms with Crippen molar-refractivity contribution >= 4 is 10.0 Å². The average molecular weight is 381 g/mol. The van der Waals surface area contributed by atoms with Crippen molar-refractivity contribution < 1.29 is 17.6 Å². The highest BCUT2D eigenvalue weighted by atomic mass is 32.2. The van der Waals surface area contributed by atoms with Gasteiger partial charge in [-0.25, -0.2) is 13.6 Å². The van der Waals surface area contributed by atoms with Gasteiger partial charge >= 0.3 is 0 Å². The molecular weight excluding hydrogens is 362 g/mol. The molecule has 1 aliphatic heterocycles. The fraction of sp³-hybridized carbons (Fsp3) is 0.143. The van der Waals surface area contributed by atoms with Crippen molar-refractivity contribution in [1.29, 1.82) is 0 Å². The summed E-state index contributed by atoms with van der Waals surface area (Å²) in [7, 11) is -3.61. The zero-order valence-electron chi connectivity index (χ0n) is 14.6. The minimum absolute atomic E-state index is 0.215. The molecule has 5 nitrogen and oxygen atoms in total. The normalized spacial score (nSPS) is 15.5. The van der Waals surface area contributed by atoms with Crippen molar-refractivity contribution in [3.63, 3.8) is 0 Å². The Labute approximate surface area is 158 Å². The van der Waals surface area contributed by atoms with Crippen molar-refractivity contribution in [2.75, 3.05) is 0 Å². The first-order valence-corrected chi connectivity index (χ1v) is 10.3. The minimum atomic E-state index is -3.61.